The summed E-state index contributed by atoms with van der Waals surface area (Å²) in [5.74, 6) is 0.557. The lowest BCUT2D eigenvalue weighted by molar-refractivity contribution is -0.127. The molecule has 0 spiro atoms. The van der Waals surface area contributed by atoms with Gasteiger partial charge in [0, 0.05) is 12.0 Å². The Kier molecular flexibility index (Phi) is 5.01. The van der Waals surface area contributed by atoms with E-state index in [-0.39, 0.29) is 17.9 Å². The van der Waals surface area contributed by atoms with Crippen molar-refractivity contribution < 1.29 is 14.6 Å². The van der Waals surface area contributed by atoms with Crippen molar-refractivity contribution in [2.75, 3.05) is 13.2 Å². The Bertz CT molecular complexity index is 427. The minimum absolute atomic E-state index is 0.123. The average Bonchev–Trinajstić information content (AvgIpc) is 2.95. The Hall–Kier alpha value is -1.55. The molecule has 0 bridgehead atoms. The SMILES string of the molecule is CC(Oc1ccccc1)C(=O)NCC1(CO)CCCC1. The lowest BCUT2D eigenvalue weighted by atomic mass is 9.87. The number of rotatable bonds is 6. The molecule has 1 aromatic rings. The molecule has 0 saturated heterocycles. The number of ether oxygens (including phenoxy) is 1. The molecule has 2 rings (SSSR count). The minimum atomic E-state index is -0.533. The number of hydrogen-bond acceptors (Lipinski definition) is 3. The Morgan fingerprint density at radius 1 is 1.35 bits per heavy atom. The zero-order valence-electron chi connectivity index (χ0n) is 12.0. The van der Waals surface area contributed by atoms with Crippen molar-refractivity contribution in [3.8, 4) is 5.75 Å². The zero-order chi connectivity index (χ0) is 14.4. The van der Waals surface area contributed by atoms with E-state index in [1.54, 1.807) is 6.92 Å². The van der Waals surface area contributed by atoms with E-state index in [9.17, 15) is 9.90 Å². The molecule has 1 aromatic carbocycles. The average molecular weight is 277 g/mol. The highest BCUT2D eigenvalue weighted by Gasteiger charge is 2.33. The summed E-state index contributed by atoms with van der Waals surface area (Å²) >= 11 is 0. The van der Waals surface area contributed by atoms with Gasteiger partial charge in [-0.2, -0.15) is 0 Å². The van der Waals surface area contributed by atoms with E-state index in [4.69, 9.17) is 4.74 Å². The molecular formula is C16H23NO3. The van der Waals surface area contributed by atoms with Crippen LogP contribution >= 0.6 is 0 Å². The Morgan fingerprint density at radius 3 is 2.60 bits per heavy atom. The summed E-state index contributed by atoms with van der Waals surface area (Å²) in [6.07, 6.45) is 3.70. The van der Waals surface area contributed by atoms with Crippen LogP contribution in [-0.4, -0.2) is 30.3 Å². The highest BCUT2D eigenvalue weighted by atomic mass is 16.5. The lowest BCUT2D eigenvalue weighted by Gasteiger charge is -2.27. The summed E-state index contributed by atoms with van der Waals surface area (Å²) in [6.45, 7) is 2.41. The van der Waals surface area contributed by atoms with Gasteiger partial charge >= 0.3 is 0 Å². The fourth-order valence-corrected chi connectivity index (χ4v) is 2.69. The fourth-order valence-electron chi connectivity index (χ4n) is 2.69. The number of hydrogen-bond donors (Lipinski definition) is 2. The van der Waals surface area contributed by atoms with Gasteiger partial charge in [-0.05, 0) is 31.9 Å². The topological polar surface area (TPSA) is 58.6 Å². The largest absolute Gasteiger partial charge is 0.481 e. The first-order valence-electron chi connectivity index (χ1n) is 7.25. The van der Waals surface area contributed by atoms with Crippen LogP contribution < -0.4 is 10.1 Å². The molecular weight excluding hydrogens is 254 g/mol. The first-order valence-corrected chi connectivity index (χ1v) is 7.25. The molecule has 20 heavy (non-hydrogen) atoms. The van der Waals surface area contributed by atoms with Crippen molar-refractivity contribution in [3.05, 3.63) is 30.3 Å². The van der Waals surface area contributed by atoms with E-state index in [1.165, 1.54) is 0 Å². The van der Waals surface area contributed by atoms with Crippen molar-refractivity contribution in [1.82, 2.24) is 5.32 Å². The number of amides is 1. The van der Waals surface area contributed by atoms with E-state index in [0.29, 0.717) is 12.3 Å². The number of carbonyl (C=O) groups is 1. The van der Waals surface area contributed by atoms with Gasteiger partial charge in [0.05, 0.1) is 6.61 Å². The Balaban J connectivity index is 1.82. The summed E-state index contributed by atoms with van der Waals surface area (Å²) in [4.78, 5) is 12.0. The molecule has 4 nitrogen and oxygen atoms in total. The van der Waals surface area contributed by atoms with E-state index in [2.05, 4.69) is 5.32 Å². The standard InChI is InChI=1S/C16H23NO3/c1-13(20-14-7-3-2-4-8-14)15(19)17-11-16(12-18)9-5-6-10-16/h2-4,7-8,13,18H,5-6,9-12H2,1H3,(H,17,19). The zero-order valence-corrected chi connectivity index (χ0v) is 12.0. The Labute approximate surface area is 120 Å². The highest BCUT2D eigenvalue weighted by Crippen LogP contribution is 2.36. The van der Waals surface area contributed by atoms with E-state index < -0.39 is 6.10 Å². The van der Waals surface area contributed by atoms with Gasteiger partial charge in [-0.1, -0.05) is 31.0 Å². The van der Waals surface area contributed by atoms with Crippen molar-refractivity contribution in [2.45, 2.75) is 38.7 Å². The van der Waals surface area contributed by atoms with Crippen LogP contribution in [0.25, 0.3) is 0 Å². The number of aliphatic hydroxyl groups is 1. The van der Waals surface area contributed by atoms with Gasteiger partial charge in [0.15, 0.2) is 6.10 Å². The van der Waals surface area contributed by atoms with Gasteiger partial charge in [0.25, 0.3) is 5.91 Å². The van der Waals surface area contributed by atoms with Crippen LogP contribution in [0.15, 0.2) is 30.3 Å². The summed E-state index contributed by atoms with van der Waals surface area (Å²) in [5, 5.41) is 12.4. The number of nitrogens with one attached hydrogen (secondary N) is 1. The molecule has 1 aliphatic rings. The second-order valence-electron chi connectivity index (χ2n) is 5.66. The van der Waals surface area contributed by atoms with Gasteiger partial charge < -0.3 is 15.2 Å². The molecule has 1 unspecified atom stereocenters. The summed E-state index contributed by atoms with van der Waals surface area (Å²) < 4.78 is 5.58. The third-order valence-electron chi connectivity index (χ3n) is 4.06. The summed E-state index contributed by atoms with van der Waals surface area (Å²) in [5.41, 5.74) is -0.123. The number of benzene rings is 1. The van der Waals surface area contributed by atoms with Crippen LogP contribution in [0.4, 0.5) is 0 Å². The van der Waals surface area contributed by atoms with Gasteiger partial charge in [-0.25, -0.2) is 0 Å². The molecule has 1 saturated carbocycles. The third-order valence-corrected chi connectivity index (χ3v) is 4.06. The van der Waals surface area contributed by atoms with Crippen LogP contribution in [0.1, 0.15) is 32.6 Å². The van der Waals surface area contributed by atoms with Crippen LogP contribution in [0.5, 0.6) is 5.75 Å². The third kappa shape index (κ3) is 3.73. The molecule has 0 aliphatic heterocycles. The monoisotopic (exact) mass is 277 g/mol. The van der Waals surface area contributed by atoms with Crippen LogP contribution in [-0.2, 0) is 4.79 Å². The maximum atomic E-state index is 12.0. The van der Waals surface area contributed by atoms with Crippen LogP contribution in [0, 0.1) is 5.41 Å². The van der Waals surface area contributed by atoms with Gasteiger partial charge in [0.2, 0.25) is 0 Å². The second-order valence-corrected chi connectivity index (χ2v) is 5.66. The predicted molar refractivity (Wildman–Crippen MR) is 77.5 cm³/mol. The number of aliphatic hydroxyl groups excluding tert-OH is 1. The molecule has 0 heterocycles. The molecule has 1 aliphatic carbocycles. The molecule has 1 amide bonds. The van der Waals surface area contributed by atoms with Gasteiger partial charge in [0.1, 0.15) is 5.75 Å². The molecule has 2 N–H and O–H groups in total. The van der Waals surface area contributed by atoms with Crippen molar-refractivity contribution in [1.29, 1.82) is 0 Å². The number of para-hydroxylation sites is 1. The van der Waals surface area contributed by atoms with Crippen molar-refractivity contribution in [2.24, 2.45) is 5.41 Å². The van der Waals surface area contributed by atoms with E-state index in [0.717, 1.165) is 25.7 Å². The summed E-state index contributed by atoms with van der Waals surface area (Å²) in [6, 6.07) is 9.31. The molecule has 0 aromatic heterocycles. The second kappa shape index (κ2) is 6.75. The van der Waals surface area contributed by atoms with Crippen LogP contribution in [0.3, 0.4) is 0 Å². The first-order chi connectivity index (χ1) is 9.65. The van der Waals surface area contributed by atoms with Gasteiger partial charge in [-0.3, -0.25) is 4.79 Å². The van der Waals surface area contributed by atoms with Crippen molar-refractivity contribution in [3.63, 3.8) is 0 Å². The minimum Gasteiger partial charge on any atom is -0.481 e. The number of carbonyl (C=O) groups excluding carboxylic acids is 1. The predicted octanol–water partition coefficient (Wildman–Crippen LogP) is 2.12. The highest BCUT2D eigenvalue weighted by molar-refractivity contribution is 5.80. The Morgan fingerprint density at radius 2 is 2.00 bits per heavy atom. The molecule has 4 heteroatoms. The summed E-state index contributed by atoms with van der Waals surface area (Å²) in [7, 11) is 0. The van der Waals surface area contributed by atoms with E-state index in [1.807, 2.05) is 30.3 Å². The molecule has 1 fully saturated rings. The first kappa shape index (κ1) is 14.9. The normalized spacial score (nSPS) is 18.5. The molecule has 110 valence electrons. The van der Waals surface area contributed by atoms with Crippen LogP contribution in [0.2, 0.25) is 0 Å². The van der Waals surface area contributed by atoms with Gasteiger partial charge in [-0.15, -0.1) is 0 Å². The molecule has 0 radical (unpaired) electrons. The fraction of sp³-hybridized carbons (Fsp3) is 0.562. The quantitative estimate of drug-likeness (QED) is 0.837. The lowest BCUT2D eigenvalue weighted by Crippen LogP contribution is -2.43. The molecule has 1 atom stereocenters. The van der Waals surface area contributed by atoms with E-state index >= 15 is 0 Å². The smallest absolute Gasteiger partial charge is 0.260 e. The maximum absolute atomic E-state index is 12.0. The maximum Gasteiger partial charge on any atom is 0.260 e. The van der Waals surface area contributed by atoms with Crippen molar-refractivity contribution >= 4 is 5.91 Å².